The summed E-state index contributed by atoms with van der Waals surface area (Å²) in [5.41, 5.74) is 0.284. The molecule has 2 atom stereocenters. The molecule has 1 amide bonds. The summed E-state index contributed by atoms with van der Waals surface area (Å²) in [6.45, 7) is 4.08. The number of benzene rings is 1. The number of carbonyl (C=O) groups is 2. The van der Waals surface area contributed by atoms with Gasteiger partial charge in [0.2, 0.25) is 5.91 Å². The Hall–Kier alpha value is -2.70. The third-order valence-corrected chi connectivity index (χ3v) is 4.70. The Kier molecular flexibility index (Phi) is 4.57. The molecule has 1 fully saturated rings. The largest absolute Gasteiger partial charge is 0.480 e. The average molecular weight is 343 g/mol. The van der Waals surface area contributed by atoms with E-state index >= 15 is 0 Å². The summed E-state index contributed by atoms with van der Waals surface area (Å²) in [6.07, 6.45) is 2.48. The van der Waals surface area contributed by atoms with Crippen molar-refractivity contribution >= 4 is 22.8 Å². The van der Waals surface area contributed by atoms with Crippen LogP contribution in [-0.2, 0) is 9.59 Å². The van der Waals surface area contributed by atoms with Gasteiger partial charge in [0.05, 0.1) is 17.2 Å². The van der Waals surface area contributed by atoms with Gasteiger partial charge in [-0.25, -0.2) is 9.78 Å². The monoisotopic (exact) mass is 343 g/mol. The highest BCUT2D eigenvalue weighted by molar-refractivity contribution is 5.87. The minimum Gasteiger partial charge on any atom is -0.480 e. The number of amides is 1. The van der Waals surface area contributed by atoms with E-state index in [0.29, 0.717) is 30.3 Å². The van der Waals surface area contributed by atoms with Crippen LogP contribution in [0.3, 0.4) is 0 Å². The molecule has 0 unspecified atom stereocenters. The van der Waals surface area contributed by atoms with Gasteiger partial charge in [-0.1, -0.05) is 26.0 Å². The molecule has 25 heavy (non-hydrogen) atoms. The lowest BCUT2D eigenvalue weighted by Gasteiger charge is -2.29. The number of aliphatic carboxylic acids is 1. The highest BCUT2D eigenvalue weighted by atomic mass is 16.4. The summed E-state index contributed by atoms with van der Waals surface area (Å²) in [5, 5.41) is 9.79. The fraction of sp³-hybridized carbons (Fsp3) is 0.444. The SMILES string of the molecule is CC(C)[C@@H](C(=O)N1CCC[C@@H]1C(=O)O)n1cnc2ccccc2c1=O. The van der Waals surface area contributed by atoms with Crippen molar-refractivity contribution < 1.29 is 14.7 Å². The Bertz CT molecular complexity index is 874. The average Bonchev–Trinajstić information content (AvgIpc) is 3.07. The van der Waals surface area contributed by atoms with Crippen molar-refractivity contribution in [1.82, 2.24) is 14.5 Å². The van der Waals surface area contributed by atoms with E-state index in [-0.39, 0.29) is 17.4 Å². The summed E-state index contributed by atoms with van der Waals surface area (Å²) in [5.74, 6) is -1.51. The molecule has 1 aliphatic heterocycles. The molecule has 2 aromatic rings. The minimum absolute atomic E-state index is 0.178. The molecule has 7 heteroatoms. The van der Waals surface area contributed by atoms with E-state index in [9.17, 15) is 19.5 Å². The van der Waals surface area contributed by atoms with Crippen LogP contribution < -0.4 is 5.56 Å². The number of likely N-dealkylation sites (tertiary alicyclic amines) is 1. The van der Waals surface area contributed by atoms with Crippen LogP contribution in [0.15, 0.2) is 35.4 Å². The Morgan fingerprint density at radius 2 is 2.00 bits per heavy atom. The van der Waals surface area contributed by atoms with Gasteiger partial charge in [0.1, 0.15) is 12.1 Å². The molecule has 2 heterocycles. The molecule has 0 radical (unpaired) electrons. The highest BCUT2D eigenvalue weighted by Gasteiger charge is 2.39. The first kappa shape index (κ1) is 17.1. The molecule has 1 aliphatic rings. The third-order valence-electron chi connectivity index (χ3n) is 4.70. The van der Waals surface area contributed by atoms with Crippen molar-refractivity contribution in [2.45, 2.75) is 38.8 Å². The number of carboxylic acid groups (broad SMARTS) is 1. The number of carboxylic acids is 1. The Morgan fingerprint density at radius 3 is 2.68 bits per heavy atom. The van der Waals surface area contributed by atoms with E-state index in [1.54, 1.807) is 24.3 Å². The quantitative estimate of drug-likeness (QED) is 0.911. The van der Waals surface area contributed by atoms with Crippen molar-refractivity contribution in [2.75, 3.05) is 6.54 Å². The molecule has 0 bridgehead atoms. The van der Waals surface area contributed by atoms with Crippen LogP contribution in [0.25, 0.3) is 10.9 Å². The van der Waals surface area contributed by atoms with Crippen LogP contribution in [0.5, 0.6) is 0 Å². The van der Waals surface area contributed by atoms with Crippen LogP contribution in [-0.4, -0.2) is 44.0 Å². The molecule has 0 aliphatic carbocycles. The van der Waals surface area contributed by atoms with E-state index in [1.165, 1.54) is 15.8 Å². The lowest BCUT2D eigenvalue weighted by molar-refractivity contribution is -0.150. The van der Waals surface area contributed by atoms with Crippen molar-refractivity contribution in [2.24, 2.45) is 5.92 Å². The fourth-order valence-corrected chi connectivity index (χ4v) is 3.46. The van der Waals surface area contributed by atoms with Crippen LogP contribution in [0.2, 0.25) is 0 Å². The first-order valence-electron chi connectivity index (χ1n) is 8.41. The van der Waals surface area contributed by atoms with Gasteiger partial charge in [0, 0.05) is 6.54 Å². The lowest BCUT2D eigenvalue weighted by atomic mass is 10.0. The van der Waals surface area contributed by atoms with Crippen molar-refractivity contribution in [3.8, 4) is 0 Å². The van der Waals surface area contributed by atoms with E-state index in [1.807, 2.05) is 13.8 Å². The second kappa shape index (κ2) is 6.66. The Balaban J connectivity index is 2.05. The maximum atomic E-state index is 13.1. The van der Waals surface area contributed by atoms with E-state index in [0.717, 1.165) is 0 Å². The molecule has 132 valence electrons. The predicted molar refractivity (Wildman–Crippen MR) is 92.2 cm³/mol. The molecular weight excluding hydrogens is 322 g/mol. The standard InChI is InChI=1S/C18H21N3O4/c1-11(2)15(17(23)20-9-5-8-14(20)18(24)25)21-10-19-13-7-4-3-6-12(13)16(21)22/h3-4,6-7,10-11,14-15H,5,8-9H2,1-2H3,(H,24,25)/t14-,15+/m1/s1. The molecule has 1 N–H and O–H groups in total. The minimum atomic E-state index is -1.00. The van der Waals surface area contributed by atoms with Gasteiger partial charge in [-0.05, 0) is 30.9 Å². The van der Waals surface area contributed by atoms with E-state index in [4.69, 9.17) is 0 Å². The third kappa shape index (κ3) is 3.01. The Labute approximate surface area is 144 Å². The molecule has 3 rings (SSSR count). The molecule has 7 nitrogen and oxygen atoms in total. The smallest absolute Gasteiger partial charge is 0.326 e. The molecule has 1 aromatic heterocycles. The number of nitrogens with zero attached hydrogens (tertiary/aromatic N) is 3. The zero-order valence-electron chi connectivity index (χ0n) is 14.3. The lowest BCUT2D eigenvalue weighted by Crippen LogP contribution is -2.47. The number of para-hydroxylation sites is 1. The van der Waals surface area contributed by atoms with Crippen LogP contribution in [0, 0.1) is 5.92 Å². The van der Waals surface area contributed by atoms with Crippen LogP contribution >= 0.6 is 0 Å². The molecular formula is C18H21N3O4. The zero-order chi connectivity index (χ0) is 18.1. The predicted octanol–water partition coefficient (Wildman–Crippen LogP) is 1.67. The number of hydrogen-bond acceptors (Lipinski definition) is 4. The number of hydrogen-bond donors (Lipinski definition) is 1. The first-order chi connectivity index (χ1) is 11.9. The van der Waals surface area contributed by atoms with E-state index < -0.39 is 18.1 Å². The van der Waals surface area contributed by atoms with Gasteiger partial charge in [0.25, 0.3) is 5.56 Å². The normalized spacial score (nSPS) is 18.7. The fourth-order valence-electron chi connectivity index (χ4n) is 3.46. The second-order valence-corrected chi connectivity index (χ2v) is 6.69. The summed E-state index contributed by atoms with van der Waals surface area (Å²) >= 11 is 0. The van der Waals surface area contributed by atoms with Crippen LogP contribution in [0.4, 0.5) is 0 Å². The summed E-state index contributed by atoms with van der Waals surface area (Å²) in [7, 11) is 0. The van der Waals surface area contributed by atoms with Crippen LogP contribution in [0.1, 0.15) is 32.7 Å². The number of aromatic nitrogens is 2. The van der Waals surface area contributed by atoms with Gasteiger partial charge in [-0.3, -0.25) is 14.2 Å². The van der Waals surface area contributed by atoms with Gasteiger partial charge in [-0.15, -0.1) is 0 Å². The number of fused-ring (bicyclic) bond motifs is 1. The summed E-state index contributed by atoms with van der Waals surface area (Å²) < 4.78 is 1.34. The highest BCUT2D eigenvalue weighted by Crippen LogP contribution is 2.26. The van der Waals surface area contributed by atoms with Gasteiger partial charge >= 0.3 is 5.97 Å². The van der Waals surface area contributed by atoms with Crippen molar-refractivity contribution in [1.29, 1.82) is 0 Å². The summed E-state index contributed by atoms with van der Waals surface area (Å²) in [4.78, 5) is 43.0. The maximum absolute atomic E-state index is 13.1. The second-order valence-electron chi connectivity index (χ2n) is 6.69. The number of carbonyl (C=O) groups excluding carboxylic acids is 1. The van der Waals surface area contributed by atoms with Gasteiger partial charge in [0.15, 0.2) is 0 Å². The Morgan fingerprint density at radius 1 is 1.28 bits per heavy atom. The topological polar surface area (TPSA) is 92.5 Å². The molecule has 1 saturated heterocycles. The van der Waals surface area contributed by atoms with Crippen molar-refractivity contribution in [3.63, 3.8) is 0 Å². The maximum Gasteiger partial charge on any atom is 0.326 e. The summed E-state index contributed by atoms with van der Waals surface area (Å²) in [6, 6.07) is 5.38. The van der Waals surface area contributed by atoms with Crippen molar-refractivity contribution in [3.05, 3.63) is 40.9 Å². The first-order valence-corrected chi connectivity index (χ1v) is 8.41. The zero-order valence-corrected chi connectivity index (χ0v) is 14.3. The van der Waals surface area contributed by atoms with Gasteiger partial charge in [-0.2, -0.15) is 0 Å². The van der Waals surface area contributed by atoms with E-state index in [2.05, 4.69) is 4.98 Å². The molecule has 1 aromatic carbocycles. The number of rotatable bonds is 4. The molecule has 0 saturated carbocycles. The molecule has 0 spiro atoms. The van der Waals surface area contributed by atoms with Gasteiger partial charge < -0.3 is 10.0 Å².